The summed E-state index contributed by atoms with van der Waals surface area (Å²) in [4.78, 5) is 26.0. The number of carbonyl (C=O) groups excluding carboxylic acids is 2. The Labute approximate surface area is 159 Å². The van der Waals surface area contributed by atoms with Gasteiger partial charge in [0.25, 0.3) is 5.91 Å². The molecule has 0 aliphatic carbocycles. The molecule has 0 N–H and O–H groups in total. The topological polar surface area (TPSA) is 93.2 Å². The van der Waals surface area contributed by atoms with Gasteiger partial charge >= 0.3 is 5.97 Å². The molecule has 0 atom stereocenters. The molecule has 0 bridgehead atoms. The summed E-state index contributed by atoms with van der Waals surface area (Å²) in [5.74, 6) is -0.935. The van der Waals surface area contributed by atoms with Crippen molar-refractivity contribution in [2.45, 2.75) is 24.7 Å². The zero-order valence-corrected chi connectivity index (χ0v) is 16.2. The van der Waals surface area contributed by atoms with E-state index in [2.05, 4.69) is 0 Å². The Hall–Kier alpha value is -1.97. The third-order valence-corrected chi connectivity index (χ3v) is 6.84. The van der Waals surface area contributed by atoms with Gasteiger partial charge in [-0.2, -0.15) is 4.31 Å². The number of rotatable bonds is 5. The lowest BCUT2D eigenvalue weighted by Gasteiger charge is -2.26. The molecule has 0 radical (unpaired) electrons. The lowest BCUT2D eigenvalue weighted by atomic mass is 10.1. The van der Waals surface area contributed by atoms with Crippen LogP contribution in [-0.2, 0) is 24.3 Å². The van der Waals surface area contributed by atoms with Crippen LogP contribution in [0.25, 0.3) is 0 Å². The summed E-state index contributed by atoms with van der Waals surface area (Å²) in [6.45, 7) is 3.96. The molecule has 2 aliphatic heterocycles. The Morgan fingerprint density at radius 2 is 1.78 bits per heavy atom. The molecule has 0 saturated carbocycles. The first-order valence-electron chi connectivity index (χ1n) is 9.03. The fraction of sp³-hybridized carbons (Fsp3) is 0.556. The van der Waals surface area contributed by atoms with Gasteiger partial charge in [0, 0.05) is 26.2 Å². The number of hydrogen-bond donors (Lipinski definition) is 0. The first-order chi connectivity index (χ1) is 12.9. The molecule has 1 aromatic carbocycles. The average molecular weight is 396 g/mol. The Balaban J connectivity index is 1.72. The van der Waals surface area contributed by atoms with E-state index in [0.717, 1.165) is 12.8 Å². The number of hydrogen-bond acceptors (Lipinski definition) is 6. The van der Waals surface area contributed by atoms with Crippen LogP contribution in [0.15, 0.2) is 23.1 Å². The van der Waals surface area contributed by atoms with E-state index in [0.29, 0.717) is 31.9 Å². The minimum absolute atomic E-state index is 0.0738. The Morgan fingerprint density at radius 3 is 2.44 bits per heavy atom. The molecule has 1 amide bonds. The van der Waals surface area contributed by atoms with Gasteiger partial charge in [0.05, 0.1) is 23.7 Å². The summed E-state index contributed by atoms with van der Waals surface area (Å²) >= 11 is 0. The van der Waals surface area contributed by atoms with Crippen LogP contribution >= 0.6 is 0 Å². The number of nitrogens with zero attached hydrogens (tertiary/aromatic N) is 2. The molecule has 27 heavy (non-hydrogen) atoms. The molecule has 2 aliphatic rings. The van der Waals surface area contributed by atoms with Crippen LogP contribution in [0.3, 0.4) is 0 Å². The van der Waals surface area contributed by atoms with Crippen LogP contribution in [0.5, 0.6) is 0 Å². The third-order valence-electron chi connectivity index (χ3n) is 4.80. The molecule has 3 rings (SSSR count). The standard InChI is InChI=1S/C18H24N2O6S/c1-14-4-5-15(18(22)26-13-17(21)19-6-2-3-7-19)12-16(14)27(23,24)20-8-10-25-11-9-20/h4-5,12H,2-3,6-11,13H2,1H3. The lowest BCUT2D eigenvalue weighted by molar-refractivity contribution is -0.133. The van der Waals surface area contributed by atoms with Gasteiger partial charge in [-0.05, 0) is 37.5 Å². The van der Waals surface area contributed by atoms with Crippen LogP contribution in [0.1, 0.15) is 28.8 Å². The summed E-state index contributed by atoms with van der Waals surface area (Å²) in [5, 5.41) is 0. The van der Waals surface area contributed by atoms with Crippen molar-refractivity contribution >= 4 is 21.9 Å². The molecule has 0 aromatic heterocycles. The Bertz CT molecular complexity index is 811. The average Bonchev–Trinajstić information content (AvgIpc) is 3.21. The summed E-state index contributed by atoms with van der Waals surface area (Å²) in [7, 11) is -3.72. The maximum Gasteiger partial charge on any atom is 0.338 e. The SMILES string of the molecule is Cc1ccc(C(=O)OCC(=O)N2CCCC2)cc1S(=O)(=O)N1CCOCC1. The number of benzene rings is 1. The highest BCUT2D eigenvalue weighted by atomic mass is 32.2. The van der Waals surface area contributed by atoms with E-state index in [4.69, 9.17) is 9.47 Å². The van der Waals surface area contributed by atoms with Crippen LogP contribution in [-0.4, -0.2) is 75.5 Å². The van der Waals surface area contributed by atoms with Crippen LogP contribution in [0.2, 0.25) is 0 Å². The van der Waals surface area contributed by atoms with E-state index in [9.17, 15) is 18.0 Å². The van der Waals surface area contributed by atoms with Crippen LogP contribution in [0, 0.1) is 6.92 Å². The highest BCUT2D eigenvalue weighted by molar-refractivity contribution is 7.89. The summed E-state index contributed by atoms with van der Waals surface area (Å²) in [6, 6.07) is 4.41. The molecule has 148 valence electrons. The minimum atomic E-state index is -3.72. The number of esters is 1. The van der Waals surface area contributed by atoms with Gasteiger partial charge in [-0.15, -0.1) is 0 Å². The summed E-state index contributed by atoms with van der Waals surface area (Å²) in [6.07, 6.45) is 1.92. The second kappa shape index (κ2) is 8.37. The van der Waals surface area contributed by atoms with Gasteiger partial charge in [-0.3, -0.25) is 4.79 Å². The number of aryl methyl sites for hydroxylation is 1. The zero-order valence-electron chi connectivity index (χ0n) is 15.3. The van der Waals surface area contributed by atoms with Gasteiger partial charge in [-0.25, -0.2) is 13.2 Å². The fourth-order valence-corrected chi connectivity index (χ4v) is 4.86. The number of carbonyl (C=O) groups is 2. The number of ether oxygens (including phenoxy) is 2. The maximum absolute atomic E-state index is 12.9. The largest absolute Gasteiger partial charge is 0.452 e. The first kappa shape index (κ1) is 19.8. The summed E-state index contributed by atoms with van der Waals surface area (Å²) < 4.78 is 37.4. The third kappa shape index (κ3) is 4.48. The first-order valence-corrected chi connectivity index (χ1v) is 10.5. The molecule has 0 unspecified atom stereocenters. The van der Waals surface area contributed by atoms with Crippen molar-refractivity contribution in [1.82, 2.24) is 9.21 Å². The van der Waals surface area contributed by atoms with E-state index in [1.54, 1.807) is 17.9 Å². The predicted molar refractivity (Wildman–Crippen MR) is 96.9 cm³/mol. The van der Waals surface area contributed by atoms with Crippen LogP contribution in [0.4, 0.5) is 0 Å². The molecule has 0 spiro atoms. The molecular formula is C18H24N2O6S. The van der Waals surface area contributed by atoms with Gasteiger partial charge in [0.2, 0.25) is 10.0 Å². The smallest absolute Gasteiger partial charge is 0.338 e. The van der Waals surface area contributed by atoms with Gasteiger partial charge in [0.15, 0.2) is 6.61 Å². The second-order valence-corrected chi connectivity index (χ2v) is 8.57. The molecule has 2 fully saturated rings. The highest BCUT2D eigenvalue weighted by Crippen LogP contribution is 2.22. The molecule has 1 aromatic rings. The van der Waals surface area contributed by atoms with Crippen molar-refractivity contribution in [3.63, 3.8) is 0 Å². The van der Waals surface area contributed by atoms with E-state index in [1.165, 1.54) is 16.4 Å². The molecule has 2 heterocycles. The van der Waals surface area contributed by atoms with Gasteiger partial charge < -0.3 is 14.4 Å². The lowest BCUT2D eigenvalue weighted by Crippen LogP contribution is -2.40. The van der Waals surface area contributed by atoms with E-state index in [1.807, 2.05) is 0 Å². The predicted octanol–water partition coefficient (Wildman–Crippen LogP) is 0.795. The van der Waals surface area contributed by atoms with Crippen molar-refractivity contribution in [1.29, 1.82) is 0 Å². The normalized spacial score (nSPS) is 18.5. The Morgan fingerprint density at radius 1 is 1.11 bits per heavy atom. The van der Waals surface area contributed by atoms with Crippen molar-refractivity contribution in [3.8, 4) is 0 Å². The summed E-state index contributed by atoms with van der Waals surface area (Å²) in [5.41, 5.74) is 0.660. The van der Waals surface area contributed by atoms with E-state index in [-0.39, 0.29) is 36.1 Å². The minimum Gasteiger partial charge on any atom is -0.452 e. The quantitative estimate of drug-likeness (QED) is 0.684. The van der Waals surface area contributed by atoms with E-state index < -0.39 is 16.0 Å². The van der Waals surface area contributed by atoms with Crippen LogP contribution < -0.4 is 0 Å². The van der Waals surface area contributed by atoms with Crippen molar-refractivity contribution < 1.29 is 27.5 Å². The van der Waals surface area contributed by atoms with Crippen molar-refractivity contribution in [3.05, 3.63) is 29.3 Å². The number of amides is 1. The molecule has 9 heteroatoms. The van der Waals surface area contributed by atoms with Crippen molar-refractivity contribution in [2.75, 3.05) is 46.0 Å². The molecule has 2 saturated heterocycles. The number of likely N-dealkylation sites (tertiary alicyclic amines) is 1. The molecule has 8 nitrogen and oxygen atoms in total. The highest BCUT2D eigenvalue weighted by Gasteiger charge is 2.29. The second-order valence-electron chi connectivity index (χ2n) is 6.66. The zero-order chi connectivity index (χ0) is 19.4. The monoisotopic (exact) mass is 396 g/mol. The number of morpholine rings is 1. The van der Waals surface area contributed by atoms with Gasteiger partial charge in [0.1, 0.15) is 0 Å². The van der Waals surface area contributed by atoms with Gasteiger partial charge in [-0.1, -0.05) is 6.07 Å². The van der Waals surface area contributed by atoms with Crippen molar-refractivity contribution in [2.24, 2.45) is 0 Å². The fourth-order valence-electron chi connectivity index (χ4n) is 3.20. The maximum atomic E-state index is 12.9. The Kier molecular flexibility index (Phi) is 6.13. The molecular weight excluding hydrogens is 372 g/mol. The van der Waals surface area contributed by atoms with E-state index >= 15 is 0 Å². The number of sulfonamides is 1.